The van der Waals surface area contributed by atoms with E-state index in [-0.39, 0.29) is 11.5 Å². The average Bonchev–Trinajstić information content (AvgIpc) is 2.03. The van der Waals surface area contributed by atoms with Gasteiger partial charge in [0, 0.05) is 6.42 Å². The van der Waals surface area contributed by atoms with E-state index in [2.05, 4.69) is 0 Å². The van der Waals surface area contributed by atoms with E-state index in [1.54, 1.807) is 0 Å². The van der Waals surface area contributed by atoms with Gasteiger partial charge in [0.1, 0.15) is 6.54 Å². The Kier molecular flexibility index (Phi) is 5.88. The van der Waals surface area contributed by atoms with Crippen molar-refractivity contribution in [3.8, 4) is 0 Å². The van der Waals surface area contributed by atoms with Gasteiger partial charge in [0.2, 0.25) is 5.91 Å². The zero-order chi connectivity index (χ0) is 10.3. The number of nitrogens with zero attached hydrogens (tertiary/aromatic N) is 1. The normalized spacial score (nSPS) is 9.69. The number of rotatable bonds is 6. The largest absolute Gasteiger partial charge is 0.480 e. The molecule has 0 aromatic heterocycles. The second kappa shape index (κ2) is 6.42. The molecular formula is C8H15NO4. The van der Waals surface area contributed by atoms with Crippen molar-refractivity contribution in [3.63, 3.8) is 0 Å². The Morgan fingerprint density at radius 1 is 1.31 bits per heavy atom. The van der Waals surface area contributed by atoms with Crippen LogP contribution in [-0.2, 0) is 9.59 Å². The Bertz CT molecular complexity index is 181. The molecule has 0 fully saturated rings. The van der Waals surface area contributed by atoms with Crippen molar-refractivity contribution in [2.24, 2.45) is 0 Å². The fourth-order valence-electron chi connectivity index (χ4n) is 0.872. The summed E-state index contributed by atoms with van der Waals surface area (Å²) >= 11 is 0. The van der Waals surface area contributed by atoms with Gasteiger partial charge in [0.25, 0.3) is 0 Å². The van der Waals surface area contributed by atoms with E-state index in [1.165, 1.54) is 0 Å². The van der Waals surface area contributed by atoms with E-state index < -0.39 is 18.4 Å². The Morgan fingerprint density at radius 2 is 1.92 bits per heavy atom. The average molecular weight is 189 g/mol. The minimum atomic E-state index is -1.22. The van der Waals surface area contributed by atoms with E-state index in [0.717, 1.165) is 12.8 Å². The molecule has 0 spiro atoms. The molecule has 2 N–H and O–H groups in total. The summed E-state index contributed by atoms with van der Waals surface area (Å²) in [6, 6.07) is 0. The van der Waals surface area contributed by atoms with Crippen molar-refractivity contribution in [2.45, 2.75) is 32.6 Å². The molecule has 5 nitrogen and oxygen atoms in total. The molecule has 0 aromatic rings. The Balaban J connectivity index is 3.63. The summed E-state index contributed by atoms with van der Waals surface area (Å²) in [7, 11) is 0. The number of hydroxylamine groups is 2. The van der Waals surface area contributed by atoms with Crippen molar-refractivity contribution in [2.75, 3.05) is 6.54 Å². The van der Waals surface area contributed by atoms with Gasteiger partial charge < -0.3 is 5.11 Å². The molecule has 0 rings (SSSR count). The van der Waals surface area contributed by atoms with Crippen LogP contribution in [0, 0.1) is 0 Å². The number of aliphatic carboxylic acids is 1. The minimum Gasteiger partial charge on any atom is -0.480 e. The Morgan fingerprint density at radius 3 is 2.38 bits per heavy atom. The van der Waals surface area contributed by atoms with Gasteiger partial charge >= 0.3 is 5.97 Å². The van der Waals surface area contributed by atoms with Crippen LogP contribution in [0.2, 0.25) is 0 Å². The SMILES string of the molecule is CCCCCC(=O)N(O)CC(=O)O. The van der Waals surface area contributed by atoms with Crippen molar-refractivity contribution in [3.05, 3.63) is 0 Å². The maximum Gasteiger partial charge on any atom is 0.325 e. The van der Waals surface area contributed by atoms with E-state index in [9.17, 15) is 9.59 Å². The topological polar surface area (TPSA) is 77.8 Å². The maximum absolute atomic E-state index is 11.0. The molecule has 0 atom stereocenters. The number of amides is 1. The van der Waals surface area contributed by atoms with Crippen LogP contribution in [0.3, 0.4) is 0 Å². The number of unbranched alkanes of at least 4 members (excludes halogenated alkanes) is 2. The van der Waals surface area contributed by atoms with Gasteiger partial charge in [-0.1, -0.05) is 19.8 Å². The number of carbonyl (C=O) groups is 2. The van der Waals surface area contributed by atoms with Gasteiger partial charge in [0.15, 0.2) is 0 Å². The molecule has 0 unspecified atom stereocenters. The lowest BCUT2D eigenvalue weighted by Crippen LogP contribution is -2.32. The Labute approximate surface area is 76.9 Å². The van der Waals surface area contributed by atoms with Crippen LogP contribution in [0.25, 0.3) is 0 Å². The standard InChI is InChI=1S/C8H15NO4/c1-2-3-4-5-7(10)9(13)6-8(11)12/h13H,2-6H2,1H3,(H,11,12). The lowest BCUT2D eigenvalue weighted by Gasteiger charge is -2.11. The highest BCUT2D eigenvalue weighted by Crippen LogP contribution is 2.01. The summed E-state index contributed by atoms with van der Waals surface area (Å²) in [4.78, 5) is 21.1. The first-order chi connectivity index (χ1) is 6.07. The number of carboxylic acid groups (broad SMARTS) is 1. The van der Waals surface area contributed by atoms with Crippen LogP contribution in [0.15, 0.2) is 0 Å². The number of hydrogen-bond acceptors (Lipinski definition) is 3. The van der Waals surface area contributed by atoms with Crippen LogP contribution < -0.4 is 0 Å². The van der Waals surface area contributed by atoms with Crippen LogP contribution in [0.4, 0.5) is 0 Å². The van der Waals surface area contributed by atoms with Gasteiger partial charge in [0.05, 0.1) is 0 Å². The summed E-state index contributed by atoms with van der Waals surface area (Å²) < 4.78 is 0. The molecule has 0 heterocycles. The number of carboxylic acids is 1. The summed E-state index contributed by atoms with van der Waals surface area (Å²) in [5, 5.41) is 17.4. The number of hydrogen-bond donors (Lipinski definition) is 2. The predicted molar refractivity (Wildman–Crippen MR) is 45.3 cm³/mol. The van der Waals surface area contributed by atoms with Crippen LogP contribution in [-0.4, -0.2) is 33.8 Å². The molecular weight excluding hydrogens is 174 g/mol. The molecule has 13 heavy (non-hydrogen) atoms. The molecule has 0 radical (unpaired) electrons. The summed E-state index contributed by atoms with van der Waals surface area (Å²) in [5.41, 5.74) is 0. The fraction of sp³-hybridized carbons (Fsp3) is 0.750. The summed E-state index contributed by atoms with van der Waals surface area (Å²) in [6.45, 7) is 1.35. The monoisotopic (exact) mass is 189 g/mol. The molecule has 0 aliphatic heterocycles. The second-order valence-electron chi connectivity index (χ2n) is 2.80. The molecule has 0 aliphatic rings. The first kappa shape index (κ1) is 11.9. The first-order valence-electron chi connectivity index (χ1n) is 4.29. The summed E-state index contributed by atoms with van der Waals surface area (Å²) in [5.74, 6) is -1.75. The van der Waals surface area contributed by atoms with Gasteiger partial charge in [-0.2, -0.15) is 0 Å². The predicted octanol–water partition coefficient (Wildman–Crippen LogP) is 0.869. The highest BCUT2D eigenvalue weighted by molar-refractivity contribution is 5.80. The zero-order valence-corrected chi connectivity index (χ0v) is 7.69. The van der Waals surface area contributed by atoms with Crippen LogP contribution in [0.1, 0.15) is 32.6 Å². The lowest BCUT2D eigenvalue weighted by atomic mass is 10.2. The third-order valence-electron chi connectivity index (χ3n) is 1.57. The molecule has 0 saturated heterocycles. The highest BCUT2D eigenvalue weighted by atomic mass is 16.5. The van der Waals surface area contributed by atoms with Gasteiger partial charge in [-0.3, -0.25) is 14.8 Å². The van der Waals surface area contributed by atoms with E-state index in [4.69, 9.17) is 10.3 Å². The van der Waals surface area contributed by atoms with E-state index in [0.29, 0.717) is 6.42 Å². The second-order valence-corrected chi connectivity index (χ2v) is 2.80. The van der Waals surface area contributed by atoms with Crippen molar-refractivity contribution in [1.82, 2.24) is 5.06 Å². The zero-order valence-electron chi connectivity index (χ0n) is 7.69. The molecule has 0 aromatic carbocycles. The molecule has 5 heteroatoms. The Hall–Kier alpha value is -1.10. The molecule has 0 saturated carbocycles. The van der Waals surface area contributed by atoms with E-state index in [1.807, 2.05) is 6.92 Å². The highest BCUT2D eigenvalue weighted by Gasteiger charge is 2.12. The van der Waals surface area contributed by atoms with Crippen LogP contribution >= 0.6 is 0 Å². The third-order valence-corrected chi connectivity index (χ3v) is 1.57. The van der Waals surface area contributed by atoms with E-state index >= 15 is 0 Å². The van der Waals surface area contributed by atoms with Gasteiger partial charge in [-0.15, -0.1) is 0 Å². The van der Waals surface area contributed by atoms with Gasteiger partial charge in [-0.05, 0) is 6.42 Å². The maximum atomic E-state index is 11.0. The lowest BCUT2D eigenvalue weighted by molar-refractivity contribution is -0.173. The van der Waals surface area contributed by atoms with Gasteiger partial charge in [-0.25, -0.2) is 5.06 Å². The quantitative estimate of drug-likeness (QED) is 0.369. The first-order valence-corrected chi connectivity index (χ1v) is 4.29. The van der Waals surface area contributed by atoms with Crippen LogP contribution in [0.5, 0.6) is 0 Å². The molecule has 0 aliphatic carbocycles. The smallest absolute Gasteiger partial charge is 0.325 e. The molecule has 0 bridgehead atoms. The number of carbonyl (C=O) groups excluding carboxylic acids is 1. The van der Waals surface area contributed by atoms with Crippen molar-refractivity contribution < 1.29 is 19.9 Å². The van der Waals surface area contributed by atoms with Crippen molar-refractivity contribution >= 4 is 11.9 Å². The van der Waals surface area contributed by atoms with Crippen molar-refractivity contribution in [1.29, 1.82) is 0 Å². The fourth-order valence-corrected chi connectivity index (χ4v) is 0.872. The summed E-state index contributed by atoms with van der Waals surface area (Å²) in [6.07, 6.45) is 2.79. The third kappa shape index (κ3) is 6.10. The molecule has 76 valence electrons. The molecule has 1 amide bonds. The minimum absolute atomic E-state index is 0.206.